The number of rotatable bonds is 3. The maximum atomic E-state index is 10.5. The van der Waals surface area contributed by atoms with E-state index in [1.807, 2.05) is 0 Å². The highest BCUT2D eigenvalue weighted by Crippen LogP contribution is 2.39. The van der Waals surface area contributed by atoms with Crippen LogP contribution in [0.4, 0.5) is 0 Å². The molecule has 0 aromatic carbocycles. The summed E-state index contributed by atoms with van der Waals surface area (Å²) in [4.78, 5) is 4.49. The molecule has 5 nitrogen and oxygen atoms in total. The molecule has 1 saturated heterocycles. The third kappa shape index (κ3) is 2.54. The summed E-state index contributed by atoms with van der Waals surface area (Å²) in [7, 11) is 0. The van der Waals surface area contributed by atoms with Crippen LogP contribution in [0.15, 0.2) is 4.52 Å². The van der Waals surface area contributed by atoms with Gasteiger partial charge in [-0.25, -0.2) is 0 Å². The molecule has 0 spiro atoms. The van der Waals surface area contributed by atoms with Gasteiger partial charge in [0, 0.05) is 12.5 Å². The smallest absolute Gasteiger partial charge is 0.259 e. The highest BCUT2D eigenvalue weighted by Gasteiger charge is 2.38. The van der Waals surface area contributed by atoms with Gasteiger partial charge < -0.3 is 14.9 Å². The third-order valence-electron chi connectivity index (χ3n) is 4.68. The van der Waals surface area contributed by atoms with Crippen LogP contribution in [0.5, 0.6) is 0 Å². The molecule has 5 heteroatoms. The van der Waals surface area contributed by atoms with E-state index in [1.165, 1.54) is 12.8 Å². The molecule has 1 saturated carbocycles. The van der Waals surface area contributed by atoms with Gasteiger partial charge in [0.2, 0.25) is 0 Å². The number of nitrogens with one attached hydrogen (secondary N) is 1. The minimum absolute atomic E-state index is 0.398. The van der Waals surface area contributed by atoms with Crippen molar-refractivity contribution in [3.63, 3.8) is 0 Å². The molecule has 2 fully saturated rings. The van der Waals surface area contributed by atoms with E-state index in [0.717, 1.165) is 37.5 Å². The fourth-order valence-corrected chi connectivity index (χ4v) is 3.34. The fraction of sp³-hybridized carbons (Fsp3) is 0.857. The zero-order chi connectivity index (χ0) is 13.3. The summed E-state index contributed by atoms with van der Waals surface area (Å²) in [6.45, 7) is 3.70. The Labute approximate surface area is 113 Å². The SMILES string of the molecule is CCC1CCC(c2noc(C3(O)CCCNC3)n2)C1. The summed E-state index contributed by atoms with van der Waals surface area (Å²) in [5.74, 6) is 2.41. The minimum atomic E-state index is -0.966. The molecule has 3 unspecified atom stereocenters. The van der Waals surface area contributed by atoms with Crippen molar-refractivity contribution in [2.45, 2.75) is 57.0 Å². The normalized spacial score (nSPS) is 35.7. The van der Waals surface area contributed by atoms with Crippen molar-refractivity contribution in [2.24, 2.45) is 5.92 Å². The van der Waals surface area contributed by atoms with Gasteiger partial charge in [-0.1, -0.05) is 18.5 Å². The predicted octanol–water partition coefficient (Wildman–Crippen LogP) is 1.93. The molecule has 3 rings (SSSR count). The molecule has 2 N–H and O–H groups in total. The first-order chi connectivity index (χ1) is 9.21. The average molecular weight is 265 g/mol. The van der Waals surface area contributed by atoms with Gasteiger partial charge in [-0.3, -0.25) is 0 Å². The van der Waals surface area contributed by atoms with Gasteiger partial charge in [-0.05, 0) is 44.6 Å². The number of aromatic nitrogens is 2. The van der Waals surface area contributed by atoms with Crippen molar-refractivity contribution >= 4 is 0 Å². The van der Waals surface area contributed by atoms with E-state index in [4.69, 9.17) is 4.52 Å². The van der Waals surface area contributed by atoms with E-state index < -0.39 is 5.60 Å². The van der Waals surface area contributed by atoms with Crippen LogP contribution in [0, 0.1) is 5.92 Å². The molecule has 0 radical (unpaired) electrons. The Morgan fingerprint density at radius 1 is 1.47 bits per heavy atom. The monoisotopic (exact) mass is 265 g/mol. The molecule has 1 aliphatic carbocycles. The van der Waals surface area contributed by atoms with Gasteiger partial charge in [-0.15, -0.1) is 0 Å². The molecule has 2 aliphatic rings. The van der Waals surface area contributed by atoms with E-state index in [-0.39, 0.29) is 0 Å². The van der Waals surface area contributed by atoms with Crippen molar-refractivity contribution in [3.8, 4) is 0 Å². The highest BCUT2D eigenvalue weighted by atomic mass is 16.5. The Balaban J connectivity index is 1.72. The van der Waals surface area contributed by atoms with Gasteiger partial charge in [0.25, 0.3) is 5.89 Å². The van der Waals surface area contributed by atoms with Crippen molar-refractivity contribution in [3.05, 3.63) is 11.7 Å². The van der Waals surface area contributed by atoms with Crippen LogP contribution >= 0.6 is 0 Å². The lowest BCUT2D eigenvalue weighted by molar-refractivity contribution is -0.0167. The first kappa shape index (κ1) is 13.1. The summed E-state index contributed by atoms with van der Waals surface area (Å²) in [5.41, 5.74) is -0.966. The number of hydrogen-bond acceptors (Lipinski definition) is 5. The maximum absolute atomic E-state index is 10.5. The van der Waals surface area contributed by atoms with E-state index in [2.05, 4.69) is 22.4 Å². The largest absolute Gasteiger partial charge is 0.379 e. The van der Waals surface area contributed by atoms with Crippen molar-refractivity contribution in [1.82, 2.24) is 15.5 Å². The topological polar surface area (TPSA) is 71.2 Å². The number of hydrogen-bond donors (Lipinski definition) is 2. The van der Waals surface area contributed by atoms with Gasteiger partial charge in [0.1, 0.15) is 0 Å². The standard InChI is InChI=1S/C14H23N3O2/c1-2-10-4-5-11(8-10)12-16-13(19-17-12)14(18)6-3-7-15-9-14/h10-11,15,18H,2-9H2,1H3. The molecule has 19 heavy (non-hydrogen) atoms. The zero-order valence-electron chi connectivity index (χ0n) is 11.6. The zero-order valence-corrected chi connectivity index (χ0v) is 11.6. The second kappa shape index (κ2) is 5.21. The number of nitrogens with zero attached hydrogens (tertiary/aromatic N) is 2. The Morgan fingerprint density at radius 2 is 2.37 bits per heavy atom. The summed E-state index contributed by atoms with van der Waals surface area (Å²) < 4.78 is 5.34. The fourth-order valence-electron chi connectivity index (χ4n) is 3.34. The average Bonchev–Trinajstić information content (AvgIpc) is 3.08. The Bertz CT molecular complexity index is 426. The van der Waals surface area contributed by atoms with Crippen LogP contribution in [0.3, 0.4) is 0 Å². The van der Waals surface area contributed by atoms with Crippen molar-refractivity contribution in [1.29, 1.82) is 0 Å². The summed E-state index contributed by atoms with van der Waals surface area (Å²) in [6, 6.07) is 0. The number of piperidine rings is 1. The van der Waals surface area contributed by atoms with E-state index in [1.54, 1.807) is 0 Å². The van der Waals surface area contributed by atoms with Crippen LogP contribution < -0.4 is 5.32 Å². The molecule has 2 heterocycles. The maximum Gasteiger partial charge on any atom is 0.259 e. The molecule has 1 aromatic heterocycles. The second-order valence-electron chi connectivity index (χ2n) is 6.05. The van der Waals surface area contributed by atoms with Crippen molar-refractivity contribution in [2.75, 3.05) is 13.1 Å². The summed E-state index contributed by atoms with van der Waals surface area (Å²) in [5, 5.41) is 17.8. The highest BCUT2D eigenvalue weighted by molar-refractivity contribution is 5.06. The second-order valence-corrected chi connectivity index (χ2v) is 6.05. The van der Waals surface area contributed by atoms with E-state index in [0.29, 0.717) is 24.8 Å². The van der Waals surface area contributed by atoms with Crippen LogP contribution in [0.25, 0.3) is 0 Å². The van der Waals surface area contributed by atoms with Crippen LogP contribution in [-0.2, 0) is 5.60 Å². The minimum Gasteiger partial charge on any atom is -0.379 e. The molecular formula is C14H23N3O2. The summed E-state index contributed by atoms with van der Waals surface area (Å²) >= 11 is 0. The first-order valence-corrected chi connectivity index (χ1v) is 7.48. The molecule has 0 bridgehead atoms. The van der Waals surface area contributed by atoms with Crippen molar-refractivity contribution < 1.29 is 9.63 Å². The lowest BCUT2D eigenvalue weighted by Gasteiger charge is -2.28. The molecule has 0 amide bonds. The first-order valence-electron chi connectivity index (χ1n) is 7.48. The Kier molecular flexibility index (Phi) is 3.58. The van der Waals surface area contributed by atoms with E-state index >= 15 is 0 Å². The van der Waals surface area contributed by atoms with Gasteiger partial charge in [-0.2, -0.15) is 4.98 Å². The summed E-state index contributed by atoms with van der Waals surface area (Å²) in [6.07, 6.45) is 6.44. The van der Waals surface area contributed by atoms with Gasteiger partial charge in [0.05, 0.1) is 0 Å². The Hall–Kier alpha value is -0.940. The molecule has 1 aliphatic heterocycles. The number of aliphatic hydroxyl groups is 1. The molecule has 106 valence electrons. The molecular weight excluding hydrogens is 242 g/mol. The quantitative estimate of drug-likeness (QED) is 0.874. The van der Waals surface area contributed by atoms with Gasteiger partial charge >= 0.3 is 0 Å². The lowest BCUT2D eigenvalue weighted by Crippen LogP contribution is -2.43. The number of β-amino-alcohol motifs (C(OH)–C–C–N with tert-alkyl or cyclic N) is 1. The van der Waals surface area contributed by atoms with Crippen LogP contribution in [-0.4, -0.2) is 28.3 Å². The van der Waals surface area contributed by atoms with Crippen LogP contribution in [0.2, 0.25) is 0 Å². The predicted molar refractivity (Wildman–Crippen MR) is 70.7 cm³/mol. The third-order valence-corrected chi connectivity index (χ3v) is 4.68. The Morgan fingerprint density at radius 3 is 3.05 bits per heavy atom. The molecule has 1 aromatic rings. The lowest BCUT2D eigenvalue weighted by atomic mass is 9.94. The van der Waals surface area contributed by atoms with E-state index in [9.17, 15) is 5.11 Å². The van der Waals surface area contributed by atoms with Gasteiger partial charge in [0.15, 0.2) is 11.4 Å². The van der Waals surface area contributed by atoms with Crippen LogP contribution in [0.1, 0.15) is 63.1 Å². The molecule has 3 atom stereocenters.